The molecule has 1 amide bonds. The molecule has 0 saturated carbocycles. The first kappa shape index (κ1) is 16.9. The van der Waals surface area contributed by atoms with Crippen LogP contribution in [0.5, 0.6) is 0 Å². The third kappa shape index (κ3) is 4.32. The van der Waals surface area contributed by atoms with E-state index in [2.05, 4.69) is 27.7 Å². The minimum Gasteiger partial charge on any atom is -0.379 e. The van der Waals surface area contributed by atoms with Crippen LogP contribution in [0.2, 0.25) is 0 Å². The van der Waals surface area contributed by atoms with Gasteiger partial charge in [0.1, 0.15) is 0 Å². The number of nitrogens with zero attached hydrogens (tertiary/aromatic N) is 2. The van der Waals surface area contributed by atoms with E-state index in [-0.39, 0.29) is 17.9 Å². The Balaban J connectivity index is 1.66. The van der Waals surface area contributed by atoms with Crippen LogP contribution in [0, 0.1) is 5.92 Å². The van der Waals surface area contributed by atoms with Crippen molar-refractivity contribution in [3.05, 3.63) is 22.4 Å². The molecule has 2 aliphatic heterocycles. The number of thiophene rings is 1. The molecule has 0 aromatic carbocycles. The van der Waals surface area contributed by atoms with Crippen molar-refractivity contribution in [1.29, 1.82) is 0 Å². The molecule has 128 valence electrons. The van der Waals surface area contributed by atoms with Crippen LogP contribution in [0.3, 0.4) is 0 Å². The van der Waals surface area contributed by atoms with Crippen molar-refractivity contribution in [3.63, 3.8) is 0 Å². The molecule has 1 N–H and O–H groups in total. The highest BCUT2D eigenvalue weighted by Crippen LogP contribution is 2.27. The summed E-state index contributed by atoms with van der Waals surface area (Å²) in [7, 11) is 1.96. The average Bonchev–Trinajstić information content (AvgIpc) is 3.14. The second kappa shape index (κ2) is 8.24. The summed E-state index contributed by atoms with van der Waals surface area (Å²) in [6, 6.07) is 4.57. The minimum atomic E-state index is 0.141. The zero-order valence-electron chi connectivity index (χ0n) is 13.9. The Kier molecular flexibility index (Phi) is 6.05. The molecule has 1 aromatic rings. The Bertz CT molecular complexity index is 482. The van der Waals surface area contributed by atoms with Crippen molar-refractivity contribution in [2.24, 2.45) is 5.92 Å². The highest BCUT2D eigenvalue weighted by atomic mass is 32.1. The number of carbonyl (C=O) groups is 1. The van der Waals surface area contributed by atoms with Gasteiger partial charge in [-0.3, -0.25) is 9.69 Å². The number of ether oxygens (including phenoxy) is 1. The van der Waals surface area contributed by atoms with Crippen LogP contribution in [-0.4, -0.2) is 68.7 Å². The van der Waals surface area contributed by atoms with E-state index < -0.39 is 0 Å². The van der Waals surface area contributed by atoms with Gasteiger partial charge in [-0.05, 0) is 30.8 Å². The van der Waals surface area contributed by atoms with Gasteiger partial charge in [0.2, 0.25) is 5.91 Å². The monoisotopic (exact) mass is 337 g/mol. The molecular formula is C17H27N3O2S. The van der Waals surface area contributed by atoms with Gasteiger partial charge in [-0.1, -0.05) is 6.07 Å². The van der Waals surface area contributed by atoms with E-state index in [1.54, 1.807) is 11.3 Å². The summed E-state index contributed by atoms with van der Waals surface area (Å²) in [4.78, 5) is 18.5. The average molecular weight is 337 g/mol. The van der Waals surface area contributed by atoms with Gasteiger partial charge in [0.25, 0.3) is 0 Å². The summed E-state index contributed by atoms with van der Waals surface area (Å²) in [5.74, 6) is 0.425. The molecule has 5 nitrogen and oxygen atoms in total. The molecule has 0 spiro atoms. The molecule has 1 aromatic heterocycles. The maximum atomic E-state index is 12.7. The van der Waals surface area contributed by atoms with Crippen LogP contribution >= 0.6 is 11.3 Å². The number of hydrogen-bond acceptors (Lipinski definition) is 5. The van der Waals surface area contributed by atoms with Gasteiger partial charge in [0.05, 0.1) is 25.2 Å². The molecule has 3 rings (SSSR count). The van der Waals surface area contributed by atoms with E-state index >= 15 is 0 Å². The lowest BCUT2D eigenvalue weighted by atomic mass is 9.98. The highest BCUT2D eigenvalue weighted by molar-refractivity contribution is 7.10. The molecule has 2 saturated heterocycles. The minimum absolute atomic E-state index is 0.141. The van der Waals surface area contributed by atoms with Crippen molar-refractivity contribution < 1.29 is 9.53 Å². The Morgan fingerprint density at radius 3 is 3.00 bits per heavy atom. The number of carbonyl (C=O) groups excluding carboxylic acids is 1. The summed E-state index contributed by atoms with van der Waals surface area (Å²) >= 11 is 1.78. The summed E-state index contributed by atoms with van der Waals surface area (Å²) in [6.45, 7) is 6.07. The van der Waals surface area contributed by atoms with E-state index in [0.717, 1.165) is 58.8 Å². The third-order valence-corrected chi connectivity index (χ3v) is 5.80. The van der Waals surface area contributed by atoms with Crippen molar-refractivity contribution in [2.75, 3.05) is 53.0 Å². The van der Waals surface area contributed by atoms with E-state index in [1.165, 1.54) is 4.88 Å². The van der Waals surface area contributed by atoms with Gasteiger partial charge >= 0.3 is 0 Å². The third-order valence-electron chi connectivity index (χ3n) is 4.83. The molecule has 2 unspecified atom stereocenters. The molecule has 0 radical (unpaired) electrons. The molecule has 0 aliphatic carbocycles. The number of amides is 1. The van der Waals surface area contributed by atoms with Crippen molar-refractivity contribution in [2.45, 2.75) is 18.9 Å². The first-order valence-corrected chi connectivity index (χ1v) is 9.44. The first-order valence-electron chi connectivity index (χ1n) is 8.56. The van der Waals surface area contributed by atoms with Crippen LogP contribution in [0.1, 0.15) is 23.8 Å². The van der Waals surface area contributed by atoms with E-state index in [1.807, 2.05) is 11.9 Å². The molecule has 2 fully saturated rings. The number of likely N-dealkylation sites (N-methyl/N-ethyl adjacent to an activating group) is 1. The van der Waals surface area contributed by atoms with Crippen molar-refractivity contribution in [1.82, 2.24) is 15.1 Å². The predicted molar refractivity (Wildman–Crippen MR) is 92.7 cm³/mol. The second-order valence-electron chi connectivity index (χ2n) is 6.44. The van der Waals surface area contributed by atoms with Gasteiger partial charge in [-0.25, -0.2) is 0 Å². The summed E-state index contributed by atoms with van der Waals surface area (Å²) in [6.07, 6.45) is 2.11. The Labute approximate surface area is 142 Å². The van der Waals surface area contributed by atoms with Gasteiger partial charge in [-0.15, -0.1) is 11.3 Å². The number of rotatable bonds is 5. The van der Waals surface area contributed by atoms with Crippen molar-refractivity contribution in [3.8, 4) is 0 Å². The van der Waals surface area contributed by atoms with E-state index in [9.17, 15) is 4.79 Å². The predicted octanol–water partition coefficient (Wildman–Crippen LogP) is 1.58. The lowest BCUT2D eigenvalue weighted by molar-refractivity contribution is -0.135. The van der Waals surface area contributed by atoms with Crippen LogP contribution in [0.15, 0.2) is 17.5 Å². The summed E-state index contributed by atoms with van der Waals surface area (Å²) in [5.41, 5.74) is 0. The molecule has 2 aliphatic rings. The number of piperidine rings is 1. The summed E-state index contributed by atoms with van der Waals surface area (Å²) < 4.78 is 5.49. The number of nitrogens with one attached hydrogen (secondary N) is 1. The normalized spacial score (nSPS) is 24.3. The van der Waals surface area contributed by atoms with Crippen molar-refractivity contribution >= 4 is 17.2 Å². The van der Waals surface area contributed by atoms with E-state index in [0.29, 0.717) is 0 Å². The lowest BCUT2D eigenvalue weighted by Gasteiger charge is -2.37. The fourth-order valence-electron chi connectivity index (χ4n) is 3.48. The largest absolute Gasteiger partial charge is 0.379 e. The highest BCUT2D eigenvalue weighted by Gasteiger charge is 2.29. The molecule has 6 heteroatoms. The lowest BCUT2D eigenvalue weighted by Crippen LogP contribution is -2.47. The standard InChI is InChI=1S/C17H27N3O2S/c1-19(17(21)14-4-2-6-18-12-14)13-15(16-5-3-11-23-16)20-7-9-22-10-8-20/h3,5,11,14-15,18H,2,4,6-10,12-13H2,1H3. The smallest absolute Gasteiger partial charge is 0.226 e. The fraction of sp³-hybridized carbons (Fsp3) is 0.706. The van der Waals surface area contributed by atoms with Crippen LogP contribution in [0.25, 0.3) is 0 Å². The number of morpholine rings is 1. The molecule has 3 heterocycles. The molecule has 2 atom stereocenters. The molecule has 23 heavy (non-hydrogen) atoms. The Hall–Kier alpha value is -0.950. The topological polar surface area (TPSA) is 44.8 Å². The Morgan fingerprint density at radius 1 is 1.52 bits per heavy atom. The van der Waals surface area contributed by atoms with Gasteiger partial charge in [0, 0.05) is 38.1 Å². The quantitative estimate of drug-likeness (QED) is 0.886. The van der Waals surface area contributed by atoms with Gasteiger partial charge in [0.15, 0.2) is 0 Å². The van der Waals surface area contributed by atoms with Gasteiger partial charge < -0.3 is 15.0 Å². The van der Waals surface area contributed by atoms with Gasteiger partial charge in [-0.2, -0.15) is 0 Å². The second-order valence-corrected chi connectivity index (χ2v) is 7.42. The maximum Gasteiger partial charge on any atom is 0.226 e. The SMILES string of the molecule is CN(CC(c1cccs1)N1CCOCC1)C(=O)C1CCCNC1. The van der Waals surface area contributed by atoms with Crippen LogP contribution in [-0.2, 0) is 9.53 Å². The molecular weight excluding hydrogens is 310 g/mol. The van der Waals surface area contributed by atoms with Crippen LogP contribution < -0.4 is 5.32 Å². The number of hydrogen-bond donors (Lipinski definition) is 1. The zero-order valence-corrected chi connectivity index (χ0v) is 14.7. The Morgan fingerprint density at radius 2 is 2.35 bits per heavy atom. The zero-order chi connectivity index (χ0) is 16.1. The maximum absolute atomic E-state index is 12.7. The van der Waals surface area contributed by atoms with Crippen LogP contribution in [0.4, 0.5) is 0 Å². The summed E-state index contributed by atoms with van der Waals surface area (Å²) in [5, 5.41) is 5.46. The fourth-order valence-corrected chi connectivity index (χ4v) is 4.33. The molecule has 0 bridgehead atoms. The first-order chi connectivity index (χ1) is 11.3. The van der Waals surface area contributed by atoms with E-state index in [4.69, 9.17) is 4.74 Å².